The third-order valence-corrected chi connectivity index (χ3v) is 4.73. The van der Waals surface area contributed by atoms with Crippen LogP contribution < -0.4 is 5.32 Å². The van der Waals surface area contributed by atoms with Crippen LogP contribution in [-0.2, 0) is 9.84 Å². The Hall–Kier alpha value is -1.11. The Kier molecular flexibility index (Phi) is 6.19. The summed E-state index contributed by atoms with van der Waals surface area (Å²) in [6, 6.07) is 3.95. The summed E-state index contributed by atoms with van der Waals surface area (Å²) in [7, 11) is -3.50. The normalized spacial score (nSPS) is 13.2. The molecule has 0 spiro atoms. The minimum absolute atomic E-state index is 0.0294. The lowest BCUT2D eigenvalue weighted by Crippen LogP contribution is -2.39. The fourth-order valence-electron chi connectivity index (χ4n) is 1.89. The van der Waals surface area contributed by atoms with Crippen molar-refractivity contribution in [3.63, 3.8) is 0 Å². The highest BCUT2D eigenvalue weighted by Gasteiger charge is 2.19. The van der Waals surface area contributed by atoms with E-state index in [1.807, 2.05) is 13.8 Å². The molecule has 0 aromatic heterocycles. The zero-order valence-corrected chi connectivity index (χ0v) is 13.8. The molecule has 118 valence electrons. The van der Waals surface area contributed by atoms with Crippen LogP contribution in [-0.4, -0.2) is 38.3 Å². The van der Waals surface area contributed by atoms with Crippen molar-refractivity contribution < 1.29 is 18.3 Å². The van der Waals surface area contributed by atoms with Crippen molar-refractivity contribution in [2.45, 2.75) is 31.2 Å². The first-order valence-electron chi connectivity index (χ1n) is 6.58. The molecule has 0 aliphatic rings. The molecule has 5 nitrogen and oxygen atoms in total. The highest BCUT2D eigenvalue weighted by atomic mass is 35.5. The summed E-state index contributed by atoms with van der Waals surface area (Å²) in [5.41, 5.74) is 0.225. The molecule has 0 saturated carbocycles. The Morgan fingerprint density at radius 3 is 2.48 bits per heavy atom. The largest absolute Gasteiger partial charge is 0.396 e. The maximum Gasteiger partial charge on any atom is 0.251 e. The van der Waals surface area contributed by atoms with Crippen LogP contribution in [0.25, 0.3) is 0 Å². The van der Waals surface area contributed by atoms with Gasteiger partial charge in [-0.1, -0.05) is 25.4 Å². The first-order valence-corrected chi connectivity index (χ1v) is 8.85. The number of aliphatic hydroxyl groups is 1. The Bertz CT molecular complexity index is 613. The highest BCUT2D eigenvalue weighted by molar-refractivity contribution is 7.90. The summed E-state index contributed by atoms with van der Waals surface area (Å²) in [6.07, 6.45) is 1.48. The summed E-state index contributed by atoms with van der Waals surface area (Å²) < 4.78 is 23.2. The molecule has 0 radical (unpaired) electrons. The number of carbonyl (C=O) groups is 1. The number of hydrogen-bond acceptors (Lipinski definition) is 4. The van der Waals surface area contributed by atoms with Crippen molar-refractivity contribution in [1.82, 2.24) is 5.32 Å². The van der Waals surface area contributed by atoms with Crippen LogP contribution >= 0.6 is 11.6 Å². The standard InChI is InChI=1S/C14H20ClNO4S/c1-9(2)12(6-7-17)16-14(18)10-4-5-11(15)13(8-10)21(3,19)20/h4-5,8-9,12,17H,6-7H2,1-3H3,(H,16,18). The molecule has 0 bridgehead atoms. The number of rotatable bonds is 6. The lowest BCUT2D eigenvalue weighted by molar-refractivity contribution is 0.0916. The van der Waals surface area contributed by atoms with Crippen LogP contribution in [0.15, 0.2) is 23.1 Å². The van der Waals surface area contributed by atoms with Gasteiger partial charge in [0.2, 0.25) is 0 Å². The van der Waals surface area contributed by atoms with Crippen LogP contribution in [0.3, 0.4) is 0 Å². The SMILES string of the molecule is CC(C)C(CCO)NC(=O)c1ccc(Cl)c(S(C)(=O)=O)c1. The van der Waals surface area contributed by atoms with Gasteiger partial charge in [-0.15, -0.1) is 0 Å². The van der Waals surface area contributed by atoms with Gasteiger partial charge in [-0.05, 0) is 30.5 Å². The first-order chi connectivity index (χ1) is 9.66. The maximum atomic E-state index is 12.2. The molecule has 1 unspecified atom stereocenters. The lowest BCUT2D eigenvalue weighted by atomic mass is 10.0. The molecule has 0 aliphatic heterocycles. The van der Waals surface area contributed by atoms with Gasteiger partial charge in [-0.3, -0.25) is 4.79 Å². The third-order valence-electron chi connectivity index (χ3n) is 3.15. The number of carbonyl (C=O) groups excluding carboxylic acids is 1. The van der Waals surface area contributed by atoms with E-state index in [9.17, 15) is 13.2 Å². The van der Waals surface area contributed by atoms with E-state index in [1.165, 1.54) is 18.2 Å². The average molecular weight is 334 g/mol. The van der Waals surface area contributed by atoms with Gasteiger partial charge in [-0.2, -0.15) is 0 Å². The number of nitrogens with one attached hydrogen (secondary N) is 1. The molecule has 1 aromatic carbocycles. The molecule has 0 aliphatic carbocycles. The van der Waals surface area contributed by atoms with Crippen molar-refractivity contribution in [3.05, 3.63) is 28.8 Å². The predicted molar refractivity (Wildman–Crippen MR) is 82.4 cm³/mol. The maximum absolute atomic E-state index is 12.2. The van der Waals surface area contributed by atoms with Crippen molar-refractivity contribution in [3.8, 4) is 0 Å². The van der Waals surface area contributed by atoms with Gasteiger partial charge in [0, 0.05) is 24.5 Å². The van der Waals surface area contributed by atoms with E-state index in [0.717, 1.165) is 6.26 Å². The second kappa shape index (κ2) is 7.24. The Balaban J connectivity index is 3.03. The zero-order valence-electron chi connectivity index (χ0n) is 12.3. The lowest BCUT2D eigenvalue weighted by Gasteiger charge is -2.21. The summed E-state index contributed by atoms with van der Waals surface area (Å²) in [4.78, 5) is 12.1. The number of hydrogen-bond donors (Lipinski definition) is 2. The van der Waals surface area contributed by atoms with Crippen molar-refractivity contribution in [2.24, 2.45) is 5.92 Å². The van der Waals surface area contributed by atoms with Crippen LogP contribution in [0.2, 0.25) is 5.02 Å². The smallest absolute Gasteiger partial charge is 0.251 e. The number of benzene rings is 1. The summed E-state index contributed by atoms with van der Waals surface area (Å²) >= 11 is 5.85. The Morgan fingerprint density at radius 2 is 2.00 bits per heavy atom. The number of halogens is 1. The van der Waals surface area contributed by atoms with Gasteiger partial charge in [0.15, 0.2) is 9.84 Å². The van der Waals surface area contributed by atoms with E-state index < -0.39 is 9.84 Å². The van der Waals surface area contributed by atoms with E-state index in [-0.39, 0.29) is 40.0 Å². The highest BCUT2D eigenvalue weighted by Crippen LogP contribution is 2.22. The molecule has 1 amide bonds. The third kappa shape index (κ3) is 4.98. The van der Waals surface area contributed by atoms with Crippen LogP contribution in [0, 0.1) is 5.92 Å². The van der Waals surface area contributed by atoms with Crippen molar-refractivity contribution in [1.29, 1.82) is 0 Å². The summed E-state index contributed by atoms with van der Waals surface area (Å²) in [5, 5.41) is 11.9. The Morgan fingerprint density at radius 1 is 1.38 bits per heavy atom. The summed E-state index contributed by atoms with van der Waals surface area (Å²) in [6.45, 7) is 3.84. The topological polar surface area (TPSA) is 83.5 Å². The molecule has 1 aromatic rings. The van der Waals surface area contributed by atoms with Crippen LogP contribution in [0.1, 0.15) is 30.6 Å². The molecule has 0 fully saturated rings. The van der Waals surface area contributed by atoms with Crippen molar-refractivity contribution in [2.75, 3.05) is 12.9 Å². The van der Waals surface area contributed by atoms with Gasteiger partial charge in [0.25, 0.3) is 5.91 Å². The monoisotopic (exact) mass is 333 g/mol. The fourth-order valence-corrected chi connectivity index (χ4v) is 3.19. The molecule has 1 atom stereocenters. The van der Waals surface area contributed by atoms with E-state index in [2.05, 4.69) is 5.32 Å². The molecule has 1 rings (SSSR count). The second-order valence-electron chi connectivity index (χ2n) is 5.25. The summed E-state index contributed by atoms with van der Waals surface area (Å²) in [5.74, 6) is -0.230. The van der Waals surface area contributed by atoms with E-state index >= 15 is 0 Å². The first kappa shape index (κ1) is 17.9. The van der Waals surface area contributed by atoms with Gasteiger partial charge in [0.05, 0.1) is 9.92 Å². The quantitative estimate of drug-likeness (QED) is 0.832. The van der Waals surface area contributed by atoms with Gasteiger partial charge in [-0.25, -0.2) is 8.42 Å². The van der Waals surface area contributed by atoms with Gasteiger partial charge in [0.1, 0.15) is 0 Å². The molecule has 21 heavy (non-hydrogen) atoms. The van der Waals surface area contributed by atoms with Crippen molar-refractivity contribution >= 4 is 27.3 Å². The molecule has 7 heteroatoms. The average Bonchev–Trinajstić information content (AvgIpc) is 2.37. The molecule has 0 heterocycles. The van der Waals surface area contributed by atoms with Gasteiger partial charge >= 0.3 is 0 Å². The number of sulfone groups is 1. The number of amides is 1. The minimum Gasteiger partial charge on any atom is -0.396 e. The van der Waals surface area contributed by atoms with E-state index in [1.54, 1.807) is 0 Å². The molecule has 2 N–H and O–H groups in total. The fraction of sp³-hybridized carbons (Fsp3) is 0.500. The Labute approximate surface area is 130 Å². The van der Waals surface area contributed by atoms with Crippen LogP contribution in [0.5, 0.6) is 0 Å². The predicted octanol–water partition coefficient (Wildman–Crippen LogP) is 1.88. The molecular formula is C14H20ClNO4S. The van der Waals surface area contributed by atoms with E-state index in [4.69, 9.17) is 16.7 Å². The van der Waals surface area contributed by atoms with Gasteiger partial charge < -0.3 is 10.4 Å². The second-order valence-corrected chi connectivity index (χ2v) is 7.64. The molecule has 0 saturated heterocycles. The number of aliphatic hydroxyl groups excluding tert-OH is 1. The van der Waals surface area contributed by atoms with Crippen LogP contribution in [0.4, 0.5) is 0 Å². The van der Waals surface area contributed by atoms with E-state index in [0.29, 0.717) is 6.42 Å². The molecular weight excluding hydrogens is 314 g/mol. The zero-order chi connectivity index (χ0) is 16.2. The minimum atomic E-state index is -3.50.